The molecule has 2 aromatic rings. The molecule has 2 aromatic carbocycles. The summed E-state index contributed by atoms with van der Waals surface area (Å²) < 4.78 is 18.8. The van der Waals surface area contributed by atoms with E-state index in [-0.39, 0.29) is 12.4 Å². The molecule has 5 heteroatoms. The van der Waals surface area contributed by atoms with E-state index in [2.05, 4.69) is 10.6 Å². The lowest BCUT2D eigenvalue weighted by Crippen LogP contribution is -2.32. The molecular formula is C16H17FN2O2. The Morgan fingerprint density at radius 2 is 1.90 bits per heavy atom. The number of aryl methyl sites for hydroxylation is 2. The topological polar surface area (TPSA) is 50.4 Å². The Morgan fingerprint density at radius 1 is 1.14 bits per heavy atom. The van der Waals surface area contributed by atoms with Crippen molar-refractivity contribution in [3.63, 3.8) is 0 Å². The van der Waals surface area contributed by atoms with Gasteiger partial charge in [0.25, 0.3) is 0 Å². The average molecular weight is 288 g/mol. The highest BCUT2D eigenvalue weighted by Crippen LogP contribution is 2.16. The zero-order chi connectivity index (χ0) is 15.2. The maximum atomic E-state index is 13.3. The van der Waals surface area contributed by atoms with Crippen LogP contribution in [0.15, 0.2) is 42.5 Å². The molecule has 0 saturated heterocycles. The number of para-hydroxylation sites is 1. The summed E-state index contributed by atoms with van der Waals surface area (Å²) in [5.41, 5.74) is 2.41. The van der Waals surface area contributed by atoms with E-state index in [9.17, 15) is 9.18 Å². The third kappa shape index (κ3) is 4.21. The number of ether oxygens (including phenoxy) is 1. The molecule has 2 N–H and O–H groups in total. The molecule has 110 valence electrons. The Labute approximate surface area is 122 Å². The zero-order valence-corrected chi connectivity index (χ0v) is 11.9. The number of urea groups is 1. The van der Waals surface area contributed by atoms with Crippen molar-refractivity contribution in [3.8, 4) is 5.75 Å². The molecule has 0 heterocycles. The van der Waals surface area contributed by atoms with Crippen LogP contribution in [-0.2, 0) is 0 Å². The zero-order valence-electron chi connectivity index (χ0n) is 11.9. The van der Waals surface area contributed by atoms with E-state index < -0.39 is 11.8 Å². The Morgan fingerprint density at radius 3 is 2.62 bits per heavy atom. The van der Waals surface area contributed by atoms with Crippen LogP contribution < -0.4 is 15.4 Å². The van der Waals surface area contributed by atoms with Crippen molar-refractivity contribution >= 4 is 11.7 Å². The molecule has 2 rings (SSSR count). The number of carbonyl (C=O) groups is 1. The minimum Gasteiger partial charge on any atom is -0.473 e. The van der Waals surface area contributed by atoms with Gasteiger partial charge in [-0.2, -0.15) is 0 Å². The first-order valence-electron chi connectivity index (χ1n) is 6.55. The van der Waals surface area contributed by atoms with Crippen molar-refractivity contribution in [2.75, 3.05) is 12.0 Å². The molecule has 2 amide bonds. The van der Waals surface area contributed by atoms with Crippen molar-refractivity contribution in [3.05, 3.63) is 59.4 Å². The third-order valence-corrected chi connectivity index (χ3v) is 3.07. The van der Waals surface area contributed by atoms with Crippen molar-refractivity contribution in [2.45, 2.75) is 13.8 Å². The summed E-state index contributed by atoms with van der Waals surface area (Å²) in [5.74, 6) is 0.187. The van der Waals surface area contributed by atoms with Gasteiger partial charge >= 0.3 is 6.03 Å². The number of rotatable bonds is 4. The maximum absolute atomic E-state index is 13.3. The van der Waals surface area contributed by atoms with E-state index in [1.807, 2.05) is 32.0 Å². The summed E-state index contributed by atoms with van der Waals surface area (Å²) in [7, 11) is 0. The lowest BCUT2D eigenvalue weighted by Gasteiger charge is -2.10. The number of anilines is 1. The smallest absolute Gasteiger partial charge is 0.321 e. The monoisotopic (exact) mass is 288 g/mol. The summed E-state index contributed by atoms with van der Waals surface area (Å²) in [4.78, 5) is 11.6. The van der Waals surface area contributed by atoms with E-state index in [0.717, 1.165) is 5.56 Å². The lowest BCUT2D eigenvalue weighted by molar-refractivity contribution is 0.234. The van der Waals surface area contributed by atoms with Crippen LogP contribution in [-0.4, -0.2) is 12.8 Å². The van der Waals surface area contributed by atoms with Gasteiger partial charge in [-0.1, -0.05) is 18.2 Å². The molecule has 0 atom stereocenters. The first kappa shape index (κ1) is 14.8. The van der Waals surface area contributed by atoms with Gasteiger partial charge in [0.1, 0.15) is 11.6 Å². The van der Waals surface area contributed by atoms with E-state index in [1.165, 1.54) is 17.7 Å². The maximum Gasteiger partial charge on any atom is 0.321 e. The van der Waals surface area contributed by atoms with Gasteiger partial charge < -0.3 is 15.4 Å². The summed E-state index contributed by atoms with van der Waals surface area (Å²) in [6.07, 6.45) is 0. The summed E-state index contributed by atoms with van der Waals surface area (Å²) in [6.45, 7) is 4.00. The molecule has 0 aliphatic heterocycles. The summed E-state index contributed by atoms with van der Waals surface area (Å²) >= 11 is 0. The number of hydrogen-bond donors (Lipinski definition) is 2. The molecule has 0 fully saturated rings. The highest BCUT2D eigenvalue weighted by molar-refractivity contribution is 5.89. The first-order valence-corrected chi connectivity index (χ1v) is 6.55. The highest BCUT2D eigenvalue weighted by Gasteiger charge is 2.05. The fourth-order valence-electron chi connectivity index (χ4n) is 1.72. The molecule has 0 radical (unpaired) electrons. The van der Waals surface area contributed by atoms with Crippen molar-refractivity contribution in [2.24, 2.45) is 0 Å². The number of halogens is 1. The van der Waals surface area contributed by atoms with Crippen LogP contribution in [0.1, 0.15) is 11.1 Å². The Hall–Kier alpha value is -2.56. The van der Waals surface area contributed by atoms with E-state index in [4.69, 9.17) is 4.74 Å². The van der Waals surface area contributed by atoms with Crippen LogP contribution >= 0.6 is 0 Å². The van der Waals surface area contributed by atoms with Gasteiger partial charge in [0.05, 0.1) is 5.69 Å². The molecular weight excluding hydrogens is 271 g/mol. The van der Waals surface area contributed by atoms with Crippen LogP contribution in [0.4, 0.5) is 14.9 Å². The molecule has 0 aliphatic carbocycles. The summed E-state index contributed by atoms with van der Waals surface area (Å²) in [5, 5.41) is 4.91. The van der Waals surface area contributed by atoms with E-state index in [1.54, 1.807) is 12.1 Å². The van der Waals surface area contributed by atoms with Gasteiger partial charge in [-0.15, -0.1) is 0 Å². The fourth-order valence-corrected chi connectivity index (χ4v) is 1.72. The molecule has 0 saturated carbocycles. The predicted molar refractivity (Wildman–Crippen MR) is 80.0 cm³/mol. The fraction of sp³-hybridized carbons (Fsp3) is 0.188. The molecule has 0 aromatic heterocycles. The van der Waals surface area contributed by atoms with Gasteiger partial charge in [-0.3, -0.25) is 0 Å². The highest BCUT2D eigenvalue weighted by atomic mass is 19.1. The van der Waals surface area contributed by atoms with Crippen molar-refractivity contribution in [1.29, 1.82) is 0 Å². The number of amides is 2. The van der Waals surface area contributed by atoms with Gasteiger partial charge in [0, 0.05) is 0 Å². The molecule has 21 heavy (non-hydrogen) atoms. The second-order valence-corrected chi connectivity index (χ2v) is 4.65. The molecule has 0 unspecified atom stereocenters. The molecule has 0 spiro atoms. The molecule has 0 bridgehead atoms. The molecule has 4 nitrogen and oxygen atoms in total. The van der Waals surface area contributed by atoms with Crippen LogP contribution in [0.25, 0.3) is 0 Å². The largest absolute Gasteiger partial charge is 0.473 e. The second kappa shape index (κ2) is 6.74. The number of nitrogens with one attached hydrogen (secondary N) is 2. The Kier molecular flexibility index (Phi) is 4.77. The van der Waals surface area contributed by atoms with Gasteiger partial charge in [-0.05, 0) is 49.2 Å². The minimum atomic E-state index is -0.524. The van der Waals surface area contributed by atoms with Crippen LogP contribution in [0, 0.1) is 19.7 Å². The van der Waals surface area contributed by atoms with Gasteiger partial charge in [0.15, 0.2) is 6.73 Å². The van der Waals surface area contributed by atoms with Crippen molar-refractivity contribution in [1.82, 2.24) is 5.32 Å². The Balaban J connectivity index is 1.82. The van der Waals surface area contributed by atoms with Crippen LogP contribution in [0.2, 0.25) is 0 Å². The van der Waals surface area contributed by atoms with E-state index >= 15 is 0 Å². The first-order chi connectivity index (χ1) is 10.1. The number of carbonyl (C=O) groups excluding carboxylic acids is 1. The summed E-state index contributed by atoms with van der Waals surface area (Å²) in [6, 6.07) is 11.1. The predicted octanol–water partition coefficient (Wildman–Crippen LogP) is 3.60. The van der Waals surface area contributed by atoms with Crippen molar-refractivity contribution < 1.29 is 13.9 Å². The van der Waals surface area contributed by atoms with Crippen LogP contribution in [0.3, 0.4) is 0 Å². The lowest BCUT2D eigenvalue weighted by atomic mass is 10.1. The average Bonchev–Trinajstić information content (AvgIpc) is 2.45. The second-order valence-electron chi connectivity index (χ2n) is 4.65. The standard InChI is InChI=1S/C16H17FN2O2/c1-11-7-8-13(9-12(11)2)21-10-18-16(20)19-15-6-4-3-5-14(15)17/h3-9H,10H2,1-2H3,(H2,18,19,20). The third-order valence-electron chi connectivity index (χ3n) is 3.07. The van der Waals surface area contributed by atoms with Gasteiger partial charge in [-0.25, -0.2) is 9.18 Å². The number of hydrogen-bond acceptors (Lipinski definition) is 2. The molecule has 0 aliphatic rings. The van der Waals surface area contributed by atoms with Gasteiger partial charge in [0.2, 0.25) is 0 Å². The quantitative estimate of drug-likeness (QED) is 0.845. The van der Waals surface area contributed by atoms with Crippen LogP contribution in [0.5, 0.6) is 5.75 Å². The SMILES string of the molecule is Cc1ccc(OCNC(=O)Nc2ccccc2F)cc1C. The Bertz CT molecular complexity index is 644. The van der Waals surface area contributed by atoms with E-state index in [0.29, 0.717) is 5.75 Å². The minimum absolute atomic E-state index is 0.00276. The normalized spacial score (nSPS) is 10.0. The number of benzene rings is 2.